The molecule has 19 heavy (non-hydrogen) atoms. The third-order valence-corrected chi connectivity index (χ3v) is 2.64. The average Bonchev–Trinajstić information content (AvgIpc) is 2.77. The van der Waals surface area contributed by atoms with E-state index in [1.807, 2.05) is 7.05 Å². The quantitative estimate of drug-likeness (QED) is 0.698. The molecular weight excluding hydrogens is 246 g/mol. The molecule has 6 nitrogen and oxygen atoms in total. The minimum Gasteiger partial charge on any atom is -0.388 e. The highest BCUT2D eigenvalue weighted by Crippen LogP contribution is 2.07. The fourth-order valence-corrected chi connectivity index (χ4v) is 1.44. The zero-order valence-electron chi connectivity index (χ0n) is 11.6. The van der Waals surface area contributed by atoms with E-state index in [4.69, 9.17) is 4.74 Å². The molecule has 0 saturated heterocycles. The van der Waals surface area contributed by atoms with Gasteiger partial charge in [-0.3, -0.25) is 9.48 Å². The number of carbonyl (C=O) groups is 1. The Bertz CT molecular complexity index is 438. The summed E-state index contributed by atoms with van der Waals surface area (Å²) >= 11 is 0. The standard InChI is InChI=1S/C13H21N3O3/c1-13(18,6-7-19-3)10-14-12(17)5-4-11-8-15-16(2)9-11/h4-5,8-9,18H,6-7,10H2,1-3H3,(H,14,17)/b5-4+. The number of hydrogen-bond acceptors (Lipinski definition) is 4. The molecule has 0 spiro atoms. The first kappa shape index (κ1) is 15.4. The lowest BCUT2D eigenvalue weighted by molar-refractivity contribution is -0.117. The molecule has 0 aliphatic carbocycles. The van der Waals surface area contributed by atoms with Crippen LogP contribution in [-0.2, 0) is 16.6 Å². The van der Waals surface area contributed by atoms with Crippen LogP contribution in [0.1, 0.15) is 18.9 Å². The Morgan fingerprint density at radius 3 is 3.00 bits per heavy atom. The number of nitrogens with one attached hydrogen (secondary N) is 1. The van der Waals surface area contributed by atoms with Gasteiger partial charge in [-0.1, -0.05) is 0 Å². The van der Waals surface area contributed by atoms with Gasteiger partial charge in [0, 0.05) is 51.6 Å². The van der Waals surface area contributed by atoms with E-state index in [0.29, 0.717) is 13.0 Å². The van der Waals surface area contributed by atoms with Crippen molar-refractivity contribution in [2.75, 3.05) is 20.3 Å². The molecule has 1 unspecified atom stereocenters. The van der Waals surface area contributed by atoms with Gasteiger partial charge in [0.05, 0.1) is 11.8 Å². The number of aliphatic hydroxyl groups is 1. The van der Waals surface area contributed by atoms with Crippen LogP contribution in [0, 0.1) is 0 Å². The number of aryl methyl sites for hydroxylation is 1. The fourth-order valence-electron chi connectivity index (χ4n) is 1.44. The Morgan fingerprint density at radius 2 is 2.42 bits per heavy atom. The number of nitrogens with zero attached hydrogens (tertiary/aromatic N) is 2. The van der Waals surface area contributed by atoms with Crippen molar-refractivity contribution in [3.63, 3.8) is 0 Å². The van der Waals surface area contributed by atoms with Crippen molar-refractivity contribution in [3.05, 3.63) is 24.0 Å². The molecule has 0 bridgehead atoms. The summed E-state index contributed by atoms with van der Waals surface area (Å²) in [6, 6.07) is 0. The van der Waals surface area contributed by atoms with Gasteiger partial charge in [-0.05, 0) is 13.0 Å². The number of amides is 1. The highest BCUT2D eigenvalue weighted by Gasteiger charge is 2.20. The van der Waals surface area contributed by atoms with Crippen molar-refractivity contribution in [1.29, 1.82) is 0 Å². The number of methoxy groups -OCH3 is 1. The highest BCUT2D eigenvalue weighted by molar-refractivity contribution is 5.91. The Kier molecular flexibility index (Phi) is 5.72. The number of carbonyl (C=O) groups excluding carboxylic acids is 1. The predicted octanol–water partition coefficient (Wildman–Crippen LogP) is 0.337. The summed E-state index contributed by atoms with van der Waals surface area (Å²) in [5, 5.41) is 16.6. The Labute approximate surface area is 113 Å². The van der Waals surface area contributed by atoms with E-state index in [9.17, 15) is 9.90 Å². The van der Waals surface area contributed by atoms with Crippen LogP contribution in [0.4, 0.5) is 0 Å². The van der Waals surface area contributed by atoms with Crippen LogP contribution in [0.25, 0.3) is 6.08 Å². The van der Waals surface area contributed by atoms with Crippen LogP contribution in [-0.4, -0.2) is 46.7 Å². The molecule has 1 atom stereocenters. The first-order valence-corrected chi connectivity index (χ1v) is 6.09. The molecule has 0 aliphatic heterocycles. The van der Waals surface area contributed by atoms with Crippen molar-refractivity contribution in [2.24, 2.45) is 7.05 Å². The molecular formula is C13H21N3O3. The second-order valence-corrected chi connectivity index (χ2v) is 4.74. The molecule has 0 aromatic carbocycles. The first-order chi connectivity index (χ1) is 8.93. The van der Waals surface area contributed by atoms with Crippen molar-refractivity contribution < 1.29 is 14.6 Å². The second kappa shape index (κ2) is 7.06. The van der Waals surface area contributed by atoms with Crippen molar-refractivity contribution in [2.45, 2.75) is 18.9 Å². The summed E-state index contributed by atoms with van der Waals surface area (Å²) in [6.45, 7) is 2.30. The maximum absolute atomic E-state index is 11.6. The predicted molar refractivity (Wildman–Crippen MR) is 72.4 cm³/mol. The zero-order chi connectivity index (χ0) is 14.3. The number of rotatable bonds is 7. The summed E-state index contributed by atoms with van der Waals surface area (Å²) in [6.07, 6.45) is 7.03. The van der Waals surface area contributed by atoms with E-state index >= 15 is 0 Å². The lowest BCUT2D eigenvalue weighted by Crippen LogP contribution is -2.40. The minimum atomic E-state index is -0.964. The zero-order valence-corrected chi connectivity index (χ0v) is 11.6. The van der Waals surface area contributed by atoms with E-state index in [1.165, 1.54) is 6.08 Å². The third kappa shape index (κ3) is 6.17. The van der Waals surface area contributed by atoms with E-state index in [-0.39, 0.29) is 12.5 Å². The molecule has 6 heteroatoms. The van der Waals surface area contributed by atoms with Crippen LogP contribution in [0.15, 0.2) is 18.5 Å². The molecule has 2 N–H and O–H groups in total. The summed E-state index contributed by atoms with van der Waals surface area (Å²) in [5.74, 6) is -0.249. The van der Waals surface area contributed by atoms with Gasteiger partial charge in [0.1, 0.15) is 0 Å². The Balaban J connectivity index is 2.37. The van der Waals surface area contributed by atoms with Gasteiger partial charge in [0.2, 0.25) is 5.91 Å². The molecule has 0 fully saturated rings. The highest BCUT2D eigenvalue weighted by atomic mass is 16.5. The summed E-state index contributed by atoms with van der Waals surface area (Å²) in [5.41, 5.74) is -0.114. The lowest BCUT2D eigenvalue weighted by atomic mass is 10.0. The maximum atomic E-state index is 11.6. The number of hydrogen-bond donors (Lipinski definition) is 2. The smallest absolute Gasteiger partial charge is 0.244 e. The molecule has 1 heterocycles. The summed E-state index contributed by atoms with van der Waals surface area (Å²) in [7, 11) is 3.38. The topological polar surface area (TPSA) is 76.4 Å². The molecule has 0 saturated carbocycles. The van der Waals surface area contributed by atoms with Crippen LogP contribution in [0.2, 0.25) is 0 Å². The monoisotopic (exact) mass is 267 g/mol. The minimum absolute atomic E-state index is 0.187. The third-order valence-electron chi connectivity index (χ3n) is 2.64. The molecule has 0 aliphatic rings. The van der Waals surface area contributed by atoms with Crippen LogP contribution in [0.3, 0.4) is 0 Å². The molecule has 0 radical (unpaired) electrons. The molecule has 106 valence electrons. The van der Waals surface area contributed by atoms with Gasteiger partial charge in [-0.25, -0.2) is 0 Å². The molecule has 1 rings (SSSR count). The fraction of sp³-hybridized carbons (Fsp3) is 0.538. The van der Waals surface area contributed by atoms with Crippen molar-refractivity contribution in [3.8, 4) is 0 Å². The lowest BCUT2D eigenvalue weighted by Gasteiger charge is -2.22. The second-order valence-electron chi connectivity index (χ2n) is 4.74. The number of aromatic nitrogens is 2. The normalized spacial score (nSPS) is 14.5. The van der Waals surface area contributed by atoms with E-state index in [2.05, 4.69) is 10.4 Å². The van der Waals surface area contributed by atoms with Gasteiger partial charge in [-0.15, -0.1) is 0 Å². The van der Waals surface area contributed by atoms with Crippen molar-refractivity contribution in [1.82, 2.24) is 15.1 Å². The van der Waals surface area contributed by atoms with Crippen LogP contribution < -0.4 is 5.32 Å². The van der Waals surface area contributed by atoms with Crippen LogP contribution in [0.5, 0.6) is 0 Å². The number of ether oxygens (including phenoxy) is 1. The van der Waals surface area contributed by atoms with Crippen LogP contribution >= 0.6 is 0 Å². The van der Waals surface area contributed by atoms with Gasteiger partial charge in [0.25, 0.3) is 0 Å². The van der Waals surface area contributed by atoms with E-state index in [1.54, 1.807) is 37.2 Å². The van der Waals surface area contributed by atoms with Gasteiger partial charge in [-0.2, -0.15) is 5.10 Å². The summed E-state index contributed by atoms with van der Waals surface area (Å²) in [4.78, 5) is 11.6. The molecule has 1 aromatic rings. The van der Waals surface area contributed by atoms with E-state index in [0.717, 1.165) is 5.56 Å². The average molecular weight is 267 g/mol. The Hall–Kier alpha value is -1.66. The van der Waals surface area contributed by atoms with Crippen molar-refractivity contribution >= 4 is 12.0 Å². The SMILES string of the molecule is COCCC(C)(O)CNC(=O)/C=C/c1cnn(C)c1. The van der Waals surface area contributed by atoms with Gasteiger partial charge >= 0.3 is 0 Å². The summed E-state index contributed by atoms with van der Waals surface area (Å²) < 4.78 is 6.56. The molecule has 1 aromatic heterocycles. The van der Waals surface area contributed by atoms with Gasteiger partial charge < -0.3 is 15.2 Å². The maximum Gasteiger partial charge on any atom is 0.244 e. The van der Waals surface area contributed by atoms with Gasteiger partial charge in [0.15, 0.2) is 0 Å². The van der Waals surface area contributed by atoms with E-state index < -0.39 is 5.60 Å². The Morgan fingerprint density at radius 1 is 1.68 bits per heavy atom. The molecule has 1 amide bonds. The largest absolute Gasteiger partial charge is 0.388 e. The first-order valence-electron chi connectivity index (χ1n) is 6.09.